The van der Waals surface area contributed by atoms with Crippen molar-refractivity contribution >= 4 is 27.7 Å². The summed E-state index contributed by atoms with van der Waals surface area (Å²) in [4.78, 5) is 0. The predicted molar refractivity (Wildman–Crippen MR) is 58.4 cm³/mol. The van der Waals surface area contributed by atoms with Gasteiger partial charge in [-0.25, -0.2) is 0 Å². The molecule has 0 saturated carbocycles. The van der Waals surface area contributed by atoms with E-state index in [2.05, 4.69) is 22.0 Å². The number of aryl methyl sites for hydroxylation is 1. The summed E-state index contributed by atoms with van der Waals surface area (Å²) in [5, 5.41) is 0.876. The molecule has 1 rings (SSSR count). The molecule has 2 N–H and O–H groups in total. The number of nitrogens with two attached hydrogens (primary N) is 1. The number of nitrogen functional groups attached to an aromatic ring is 1. The third kappa shape index (κ3) is 2.38. The Labute approximate surface area is 81.4 Å². The van der Waals surface area contributed by atoms with Gasteiger partial charge in [-0.2, -0.15) is 0 Å². The lowest BCUT2D eigenvalue weighted by Crippen LogP contribution is -1.89. The van der Waals surface area contributed by atoms with Gasteiger partial charge in [0.2, 0.25) is 0 Å². The van der Waals surface area contributed by atoms with Crippen LogP contribution in [0.3, 0.4) is 0 Å². The summed E-state index contributed by atoms with van der Waals surface area (Å²) in [5.74, 6) is 0. The molecule has 0 aliphatic heterocycles. The zero-order chi connectivity index (χ0) is 8.97. The van der Waals surface area contributed by atoms with Crippen molar-refractivity contribution in [2.75, 3.05) is 11.1 Å². The van der Waals surface area contributed by atoms with Crippen molar-refractivity contribution in [3.63, 3.8) is 0 Å². The molecule has 0 heterocycles. The van der Waals surface area contributed by atoms with Gasteiger partial charge in [-0.3, -0.25) is 0 Å². The molecule has 0 amide bonds. The molecule has 0 spiro atoms. The fraction of sp³-hybridized carbons (Fsp3) is 0.200. The fourth-order valence-electron chi connectivity index (χ4n) is 0.943. The molecule has 0 aromatic heterocycles. The molecule has 0 unspecified atom stereocenters. The van der Waals surface area contributed by atoms with Crippen LogP contribution in [0.5, 0.6) is 0 Å². The van der Waals surface area contributed by atoms with Crippen molar-refractivity contribution in [1.29, 1.82) is 0 Å². The Kier molecular flexibility index (Phi) is 3.35. The SMILES string of the molecule is Cc1ccc(C=CCBr)cc1N. The standard InChI is InChI=1S/C10H12BrN/c1-8-4-5-9(3-2-6-11)7-10(8)12/h2-5,7H,6,12H2,1H3. The maximum Gasteiger partial charge on any atom is 0.0349 e. The largest absolute Gasteiger partial charge is 0.398 e. The van der Waals surface area contributed by atoms with Crippen LogP contribution in [-0.2, 0) is 0 Å². The lowest BCUT2D eigenvalue weighted by atomic mass is 10.1. The van der Waals surface area contributed by atoms with Crippen molar-refractivity contribution in [3.05, 3.63) is 35.4 Å². The molecule has 1 nitrogen and oxygen atoms in total. The predicted octanol–water partition coefficient (Wildman–Crippen LogP) is 2.99. The Balaban J connectivity index is 2.89. The highest BCUT2D eigenvalue weighted by molar-refractivity contribution is 9.09. The Hall–Kier alpha value is -0.760. The first-order valence-electron chi connectivity index (χ1n) is 3.82. The molecule has 2 heteroatoms. The summed E-state index contributed by atoms with van der Waals surface area (Å²) in [5.41, 5.74) is 8.88. The van der Waals surface area contributed by atoms with Gasteiger partial charge in [-0.15, -0.1) is 0 Å². The molecule has 0 bridgehead atoms. The van der Waals surface area contributed by atoms with E-state index < -0.39 is 0 Å². The number of halogens is 1. The van der Waals surface area contributed by atoms with Crippen molar-refractivity contribution in [2.24, 2.45) is 0 Å². The van der Waals surface area contributed by atoms with Gasteiger partial charge in [0.05, 0.1) is 0 Å². The Bertz CT molecular complexity index is 292. The van der Waals surface area contributed by atoms with Gasteiger partial charge in [0, 0.05) is 11.0 Å². The lowest BCUT2D eigenvalue weighted by Gasteiger charge is -1.99. The van der Waals surface area contributed by atoms with Crippen LogP contribution in [0.4, 0.5) is 5.69 Å². The van der Waals surface area contributed by atoms with Gasteiger partial charge in [-0.1, -0.05) is 40.2 Å². The summed E-state index contributed by atoms with van der Waals surface area (Å²) in [6, 6.07) is 6.07. The third-order valence-corrected chi connectivity index (χ3v) is 2.08. The highest BCUT2D eigenvalue weighted by Gasteiger charge is 1.92. The van der Waals surface area contributed by atoms with E-state index in [-0.39, 0.29) is 0 Å². The van der Waals surface area contributed by atoms with Gasteiger partial charge < -0.3 is 5.73 Å². The van der Waals surface area contributed by atoms with E-state index in [4.69, 9.17) is 5.73 Å². The first-order chi connectivity index (χ1) is 5.74. The maximum atomic E-state index is 5.75. The molecule has 0 aliphatic rings. The molecule has 1 aromatic rings. The van der Waals surface area contributed by atoms with Crippen LogP contribution < -0.4 is 5.73 Å². The normalized spacial score (nSPS) is 10.8. The molecule has 64 valence electrons. The number of alkyl halides is 1. The molecular weight excluding hydrogens is 214 g/mol. The van der Waals surface area contributed by atoms with Crippen LogP contribution in [0.1, 0.15) is 11.1 Å². The molecule has 0 aliphatic carbocycles. The maximum absolute atomic E-state index is 5.75. The number of benzene rings is 1. The van der Waals surface area contributed by atoms with Crippen LogP contribution in [0.25, 0.3) is 6.08 Å². The van der Waals surface area contributed by atoms with E-state index in [1.807, 2.05) is 31.2 Å². The van der Waals surface area contributed by atoms with Crippen molar-refractivity contribution in [1.82, 2.24) is 0 Å². The van der Waals surface area contributed by atoms with Gasteiger partial charge in [0.15, 0.2) is 0 Å². The van der Waals surface area contributed by atoms with Gasteiger partial charge in [0.1, 0.15) is 0 Å². The Morgan fingerprint density at radius 3 is 2.83 bits per heavy atom. The van der Waals surface area contributed by atoms with Crippen LogP contribution >= 0.6 is 15.9 Å². The Morgan fingerprint density at radius 1 is 1.50 bits per heavy atom. The summed E-state index contributed by atoms with van der Waals surface area (Å²) in [6.07, 6.45) is 4.09. The van der Waals surface area contributed by atoms with E-state index in [1.165, 1.54) is 0 Å². The number of hydrogen-bond acceptors (Lipinski definition) is 1. The van der Waals surface area contributed by atoms with Crippen LogP contribution in [0.2, 0.25) is 0 Å². The fourth-order valence-corrected chi connectivity index (χ4v) is 1.13. The average Bonchev–Trinajstić information content (AvgIpc) is 2.07. The first kappa shape index (κ1) is 9.33. The zero-order valence-electron chi connectivity index (χ0n) is 7.05. The third-order valence-electron chi connectivity index (χ3n) is 1.70. The minimum absolute atomic E-state index is 0.853. The van der Waals surface area contributed by atoms with Gasteiger partial charge in [-0.05, 0) is 24.1 Å². The number of allylic oxidation sites excluding steroid dienone is 1. The van der Waals surface area contributed by atoms with Gasteiger partial charge >= 0.3 is 0 Å². The Morgan fingerprint density at radius 2 is 2.25 bits per heavy atom. The van der Waals surface area contributed by atoms with E-state index in [0.717, 1.165) is 22.1 Å². The highest BCUT2D eigenvalue weighted by atomic mass is 79.9. The minimum atomic E-state index is 0.853. The van der Waals surface area contributed by atoms with Crippen LogP contribution in [0.15, 0.2) is 24.3 Å². The number of anilines is 1. The highest BCUT2D eigenvalue weighted by Crippen LogP contribution is 2.13. The molecular formula is C10H12BrN. The number of hydrogen-bond donors (Lipinski definition) is 1. The summed E-state index contributed by atoms with van der Waals surface area (Å²) < 4.78 is 0. The van der Waals surface area contributed by atoms with Crippen LogP contribution in [-0.4, -0.2) is 5.33 Å². The second-order valence-corrected chi connectivity index (χ2v) is 3.32. The lowest BCUT2D eigenvalue weighted by molar-refractivity contribution is 1.46. The molecule has 12 heavy (non-hydrogen) atoms. The number of rotatable bonds is 2. The summed E-state index contributed by atoms with van der Waals surface area (Å²) in [7, 11) is 0. The second-order valence-electron chi connectivity index (χ2n) is 2.67. The van der Waals surface area contributed by atoms with Crippen molar-refractivity contribution in [2.45, 2.75) is 6.92 Å². The van der Waals surface area contributed by atoms with Crippen LogP contribution in [0, 0.1) is 6.92 Å². The topological polar surface area (TPSA) is 26.0 Å². The second kappa shape index (κ2) is 4.31. The van der Waals surface area contributed by atoms with Gasteiger partial charge in [0.25, 0.3) is 0 Å². The van der Waals surface area contributed by atoms with E-state index >= 15 is 0 Å². The van der Waals surface area contributed by atoms with E-state index in [1.54, 1.807) is 0 Å². The summed E-state index contributed by atoms with van der Waals surface area (Å²) in [6.45, 7) is 2.01. The van der Waals surface area contributed by atoms with E-state index in [9.17, 15) is 0 Å². The molecule has 0 fully saturated rings. The monoisotopic (exact) mass is 225 g/mol. The average molecular weight is 226 g/mol. The quantitative estimate of drug-likeness (QED) is 0.608. The molecule has 0 atom stereocenters. The smallest absolute Gasteiger partial charge is 0.0349 e. The zero-order valence-corrected chi connectivity index (χ0v) is 8.64. The first-order valence-corrected chi connectivity index (χ1v) is 4.95. The van der Waals surface area contributed by atoms with Crippen molar-refractivity contribution < 1.29 is 0 Å². The van der Waals surface area contributed by atoms with Crippen molar-refractivity contribution in [3.8, 4) is 0 Å². The summed E-state index contributed by atoms with van der Waals surface area (Å²) >= 11 is 3.32. The van der Waals surface area contributed by atoms with E-state index in [0.29, 0.717) is 0 Å². The molecule has 1 aromatic carbocycles. The minimum Gasteiger partial charge on any atom is -0.398 e. The molecule has 0 saturated heterocycles. The molecule has 0 radical (unpaired) electrons.